The summed E-state index contributed by atoms with van der Waals surface area (Å²) in [6.45, 7) is 2.75. The molecule has 2 heterocycles. The Kier molecular flexibility index (Phi) is 8.40. The van der Waals surface area contributed by atoms with Gasteiger partial charge in [-0.25, -0.2) is 0 Å². The number of ether oxygens (including phenoxy) is 2. The summed E-state index contributed by atoms with van der Waals surface area (Å²) >= 11 is 3.20. The fourth-order valence-corrected chi connectivity index (χ4v) is 6.36. The van der Waals surface area contributed by atoms with E-state index in [2.05, 4.69) is 19.1 Å². The van der Waals surface area contributed by atoms with E-state index in [1.165, 1.54) is 0 Å². The van der Waals surface area contributed by atoms with Crippen LogP contribution in [0.3, 0.4) is 0 Å². The van der Waals surface area contributed by atoms with E-state index in [9.17, 15) is 19.8 Å². The van der Waals surface area contributed by atoms with Gasteiger partial charge in [0.1, 0.15) is 22.6 Å². The number of fused-ring (bicyclic) bond motifs is 2. The minimum Gasteiger partial charge on any atom is -0.497 e. The number of carboxylic acid groups (broad SMARTS) is 2. The Morgan fingerprint density at radius 3 is 2.41 bits per heavy atom. The van der Waals surface area contributed by atoms with Crippen molar-refractivity contribution in [2.75, 3.05) is 25.7 Å². The van der Waals surface area contributed by atoms with E-state index in [4.69, 9.17) is 9.47 Å². The van der Waals surface area contributed by atoms with Crippen LogP contribution < -0.4 is 18.9 Å². The molecule has 0 radical (unpaired) electrons. The van der Waals surface area contributed by atoms with Gasteiger partial charge in [0.25, 0.3) is 5.01 Å². The zero-order valence-electron chi connectivity index (χ0n) is 20.9. The minimum absolute atomic E-state index is 0.00700. The van der Waals surface area contributed by atoms with Crippen LogP contribution in [0.4, 0.5) is 5.69 Å². The quantitative estimate of drug-likeness (QED) is 0.311. The first kappa shape index (κ1) is 26.6. The van der Waals surface area contributed by atoms with Gasteiger partial charge < -0.3 is 24.6 Å². The molecule has 2 aromatic carbocycles. The molecular formula is C27H29N2O6S2+. The normalized spacial score (nSPS) is 14.3. The number of aryl methyl sites for hydroxylation is 1. The highest BCUT2D eigenvalue weighted by Gasteiger charge is 2.27. The van der Waals surface area contributed by atoms with Crippen molar-refractivity contribution in [3.63, 3.8) is 0 Å². The lowest BCUT2D eigenvalue weighted by Gasteiger charge is -2.20. The summed E-state index contributed by atoms with van der Waals surface area (Å²) in [5.74, 6) is -0.279. The lowest BCUT2D eigenvalue weighted by Crippen LogP contribution is -2.36. The smallest absolute Gasteiger partial charge is 0.309 e. The highest BCUT2D eigenvalue weighted by atomic mass is 32.2. The second-order valence-electron chi connectivity index (χ2n) is 8.36. The van der Waals surface area contributed by atoms with Gasteiger partial charge in [-0.3, -0.25) is 9.59 Å². The van der Waals surface area contributed by atoms with Gasteiger partial charge >= 0.3 is 11.9 Å². The minimum atomic E-state index is -0.855. The van der Waals surface area contributed by atoms with E-state index in [0.717, 1.165) is 42.8 Å². The summed E-state index contributed by atoms with van der Waals surface area (Å²) in [6, 6.07) is 11.6. The Morgan fingerprint density at radius 1 is 1.03 bits per heavy atom. The van der Waals surface area contributed by atoms with Gasteiger partial charge in [0.05, 0.1) is 37.4 Å². The van der Waals surface area contributed by atoms with Crippen LogP contribution in [-0.4, -0.2) is 42.9 Å². The van der Waals surface area contributed by atoms with Crippen LogP contribution in [0.15, 0.2) is 58.0 Å². The molecule has 0 spiro atoms. The number of benzene rings is 2. The summed E-state index contributed by atoms with van der Waals surface area (Å²) in [6.07, 6.45) is 4.93. The van der Waals surface area contributed by atoms with Gasteiger partial charge in [-0.05, 0) is 42.3 Å². The van der Waals surface area contributed by atoms with Crippen molar-refractivity contribution in [3.05, 3.63) is 58.1 Å². The summed E-state index contributed by atoms with van der Waals surface area (Å²) in [5.41, 5.74) is 2.90. The lowest BCUT2D eigenvalue weighted by molar-refractivity contribution is -0.667. The first-order chi connectivity index (χ1) is 17.8. The number of aromatic nitrogens is 1. The molecule has 1 aromatic heterocycles. The van der Waals surface area contributed by atoms with Crippen LogP contribution in [0.25, 0.3) is 16.3 Å². The van der Waals surface area contributed by atoms with Gasteiger partial charge in [0.2, 0.25) is 5.52 Å². The molecule has 1 aliphatic heterocycles. The predicted molar refractivity (Wildman–Crippen MR) is 146 cm³/mol. The molecule has 8 nitrogen and oxygen atoms in total. The summed E-state index contributed by atoms with van der Waals surface area (Å²) in [7, 11) is 3.22. The van der Waals surface area contributed by atoms with Gasteiger partial charge in [-0.2, -0.15) is 4.57 Å². The van der Waals surface area contributed by atoms with Crippen molar-refractivity contribution in [1.82, 2.24) is 0 Å². The van der Waals surface area contributed by atoms with E-state index in [0.29, 0.717) is 24.6 Å². The zero-order valence-corrected chi connectivity index (χ0v) is 22.5. The maximum atomic E-state index is 11.4. The number of hydrogen-bond donors (Lipinski definition) is 2. The molecule has 0 amide bonds. The average Bonchev–Trinajstić information content (AvgIpc) is 3.41. The summed E-state index contributed by atoms with van der Waals surface area (Å²) in [5, 5.41) is 20.5. The summed E-state index contributed by atoms with van der Waals surface area (Å²) < 4.78 is 13.8. The average molecular weight is 542 g/mol. The monoisotopic (exact) mass is 541 g/mol. The number of methoxy groups -OCH3 is 2. The zero-order chi connectivity index (χ0) is 26.5. The van der Waals surface area contributed by atoms with Crippen LogP contribution in [0.5, 0.6) is 11.5 Å². The van der Waals surface area contributed by atoms with Crippen molar-refractivity contribution < 1.29 is 33.8 Å². The molecule has 0 saturated carbocycles. The lowest BCUT2D eigenvalue weighted by atomic mass is 10.2. The molecule has 2 N–H and O–H groups in total. The Bertz CT molecular complexity index is 1400. The number of thiazole rings is 1. The predicted octanol–water partition coefficient (Wildman–Crippen LogP) is 5.40. The van der Waals surface area contributed by atoms with E-state index >= 15 is 0 Å². The molecule has 1 aliphatic rings. The number of rotatable bonds is 11. The molecule has 0 atom stereocenters. The van der Waals surface area contributed by atoms with Crippen molar-refractivity contribution in [3.8, 4) is 11.5 Å². The Balaban J connectivity index is 1.75. The summed E-state index contributed by atoms with van der Waals surface area (Å²) in [4.78, 5) is 25.8. The SMILES string of the molecule is CCC(=Cc1sc2ccc(OC)cc2[n+]1CCC(=O)O)C=C1Sc2ccc(OC)cc2N1CCC(=O)O. The Labute approximate surface area is 223 Å². The number of carbonyl (C=O) groups is 2. The first-order valence-electron chi connectivity index (χ1n) is 11.8. The van der Waals surface area contributed by atoms with Gasteiger partial charge in [-0.15, -0.1) is 0 Å². The molecule has 0 unspecified atom stereocenters. The van der Waals surface area contributed by atoms with E-state index in [-0.39, 0.29) is 12.8 Å². The Morgan fingerprint density at radius 2 is 1.73 bits per heavy atom. The van der Waals surface area contributed by atoms with Crippen molar-refractivity contribution in [2.24, 2.45) is 0 Å². The second kappa shape index (κ2) is 11.7. The fourth-order valence-electron chi connectivity index (χ4n) is 4.07. The van der Waals surface area contributed by atoms with Crippen LogP contribution in [-0.2, 0) is 16.1 Å². The topological polar surface area (TPSA) is 100 Å². The number of nitrogens with zero attached hydrogens (tertiary/aromatic N) is 2. The number of hydrogen-bond acceptors (Lipinski definition) is 7. The highest BCUT2D eigenvalue weighted by Crippen LogP contribution is 2.48. The van der Waals surface area contributed by atoms with Crippen molar-refractivity contribution >= 4 is 57.0 Å². The third kappa shape index (κ3) is 6.08. The van der Waals surface area contributed by atoms with Gasteiger partial charge in [0.15, 0.2) is 6.54 Å². The third-order valence-electron chi connectivity index (χ3n) is 6.00. The largest absolute Gasteiger partial charge is 0.497 e. The first-order valence-corrected chi connectivity index (χ1v) is 13.5. The van der Waals surface area contributed by atoms with E-state index < -0.39 is 11.9 Å². The number of aliphatic carboxylic acids is 2. The molecule has 0 aliphatic carbocycles. The molecule has 0 saturated heterocycles. The molecule has 194 valence electrons. The van der Waals surface area contributed by atoms with Crippen molar-refractivity contribution in [1.29, 1.82) is 0 Å². The van der Waals surface area contributed by atoms with Gasteiger partial charge in [-0.1, -0.05) is 30.0 Å². The standard InChI is InChI=1S/C27H28N2O6S2/c1-4-17(13-24-28(11-9-26(30)31)20-15-18(34-2)5-7-22(20)36-24)14-25-29(12-10-27(32)33)21-16-19(35-3)6-8-23(21)37-25/h5-8,13-16H,4,9-12H2,1-3H3,(H-,30,31,32,33)/p+1. The number of allylic oxidation sites excluding steroid dienone is 2. The van der Waals surface area contributed by atoms with Crippen LogP contribution in [0.1, 0.15) is 31.2 Å². The number of carboxylic acids is 2. The molecule has 0 bridgehead atoms. The molecule has 3 aromatic rings. The third-order valence-corrected chi connectivity index (χ3v) is 8.22. The maximum Gasteiger partial charge on any atom is 0.309 e. The maximum absolute atomic E-state index is 11.4. The molecule has 4 rings (SSSR count). The molecule has 0 fully saturated rings. The molecule has 10 heteroatoms. The Hall–Kier alpha value is -3.50. The van der Waals surface area contributed by atoms with E-state index in [1.807, 2.05) is 45.9 Å². The molecule has 37 heavy (non-hydrogen) atoms. The number of thioether (sulfide) groups is 1. The fraction of sp³-hybridized carbons (Fsp3) is 0.296. The van der Waals surface area contributed by atoms with Crippen molar-refractivity contribution in [2.45, 2.75) is 37.6 Å². The number of anilines is 1. The van der Waals surface area contributed by atoms with E-state index in [1.54, 1.807) is 37.3 Å². The molecular weight excluding hydrogens is 512 g/mol. The second-order valence-corrected chi connectivity index (χ2v) is 10.5. The van der Waals surface area contributed by atoms with Gasteiger partial charge in [0, 0.05) is 23.6 Å². The van der Waals surface area contributed by atoms with Crippen LogP contribution in [0.2, 0.25) is 0 Å². The highest BCUT2D eigenvalue weighted by molar-refractivity contribution is 8.03. The van der Waals surface area contributed by atoms with Crippen LogP contribution in [0, 0.1) is 0 Å². The van der Waals surface area contributed by atoms with Crippen LogP contribution >= 0.6 is 23.1 Å².